The summed E-state index contributed by atoms with van der Waals surface area (Å²) in [5.74, 6) is 0.581. The predicted molar refractivity (Wildman–Crippen MR) is 175 cm³/mol. The maximum atomic E-state index is 13.4. The molecule has 4 aromatic rings. The van der Waals surface area contributed by atoms with Gasteiger partial charge < -0.3 is 24.8 Å². The highest BCUT2D eigenvalue weighted by atomic mass is 32.2. The SMILES string of the molecule is COc1c(NSC)cc(C(C)(C)C)cc1NC(=O)Nc1ccc(-c2ccc(CN3CCOCC3)nc2)c2ccccc12. The summed E-state index contributed by atoms with van der Waals surface area (Å²) in [6, 6.07) is 20.0. The van der Waals surface area contributed by atoms with E-state index in [1.807, 2.05) is 48.9 Å². The van der Waals surface area contributed by atoms with Crippen LogP contribution in [0.25, 0.3) is 21.9 Å². The maximum Gasteiger partial charge on any atom is 0.323 e. The van der Waals surface area contributed by atoms with Gasteiger partial charge in [0.15, 0.2) is 5.75 Å². The Kier molecular flexibility index (Phi) is 9.21. The predicted octanol–water partition coefficient (Wildman–Crippen LogP) is 7.37. The number of aromatic nitrogens is 1. The van der Waals surface area contributed by atoms with Crippen molar-refractivity contribution >= 4 is 45.8 Å². The lowest BCUT2D eigenvalue weighted by atomic mass is 9.86. The smallest absolute Gasteiger partial charge is 0.323 e. The molecule has 1 aliphatic heterocycles. The zero-order valence-electron chi connectivity index (χ0n) is 24.9. The van der Waals surface area contributed by atoms with Gasteiger partial charge in [0.2, 0.25) is 0 Å². The van der Waals surface area contributed by atoms with E-state index >= 15 is 0 Å². The minimum Gasteiger partial charge on any atom is -0.492 e. The Morgan fingerprint density at radius 2 is 1.69 bits per heavy atom. The van der Waals surface area contributed by atoms with Gasteiger partial charge in [-0.05, 0) is 46.2 Å². The Morgan fingerprint density at radius 1 is 0.976 bits per heavy atom. The fourth-order valence-corrected chi connectivity index (χ4v) is 5.53. The number of benzene rings is 3. The highest BCUT2D eigenvalue weighted by Gasteiger charge is 2.21. The van der Waals surface area contributed by atoms with Crippen LogP contribution in [0.4, 0.5) is 21.9 Å². The number of carbonyl (C=O) groups is 1. The molecule has 2 heterocycles. The molecule has 0 atom stereocenters. The third kappa shape index (κ3) is 6.81. The number of nitrogens with zero attached hydrogens (tertiary/aromatic N) is 2. The van der Waals surface area contributed by atoms with Gasteiger partial charge in [-0.1, -0.05) is 69.1 Å². The van der Waals surface area contributed by atoms with Gasteiger partial charge in [0, 0.05) is 43.0 Å². The maximum absolute atomic E-state index is 13.4. The van der Waals surface area contributed by atoms with Crippen LogP contribution in [0, 0.1) is 0 Å². The van der Waals surface area contributed by atoms with Gasteiger partial charge in [-0.3, -0.25) is 9.88 Å². The topological polar surface area (TPSA) is 87.8 Å². The van der Waals surface area contributed by atoms with Crippen molar-refractivity contribution in [3.05, 3.63) is 78.1 Å². The highest BCUT2D eigenvalue weighted by Crippen LogP contribution is 2.40. The number of pyridine rings is 1. The molecular formula is C33H39N5O3S. The second-order valence-corrected chi connectivity index (χ2v) is 12.0. The first-order chi connectivity index (χ1) is 20.3. The van der Waals surface area contributed by atoms with Crippen molar-refractivity contribution in [2.75, 3.05) is 55.0 Å². The number of hydrogen-bond acceptors (Lipinski definition) is 7. The Morgan fingerprint density at radius 3 is 2.36 bits per heavy atom. The third-order valence-electron chi connectivity index (χ3n) is 7.42. The molecular weight excluding hydrogens is 546 g/mol. The molecule has 1 saturated heterocycles. The van der Waals surface area contributed by atoms with Crippen LogP contribution in [0.15, 0.2) is 66.9 Å². The molecule has 220 valence electrons. The van der Waals surface area contributed by atoms with E-state index in [0.717, 1.165) is 77.4 Å². The molecule has 0 spiro atoms. The Labute approximate surface area is 252 Å². The van der Waals surface area contributed by atoms with Crippen molar-refractivity contribution in [3.8, 4) is 16.9 Å². The second-order valence-electron chi connectivity index (χ2n) is 11.4. The molecule has 1 aromatic heterocycles. The first kappa shape index (κ1) is 29.7. The van der Waals surface area contributed by atoms with Gasteiger partial charge in [-0.2, -0.15) is 0 Å². The Balaban J connectivity index is 1.39. The lowest BCUT2D eigenvalue weighted by molar-refractivity contribution is 0.0336. The summed E-state index contributed by atoms with van der Waals surface area (Å²) in [7, 11) is 1.61. The summed E-state index contributed by atoms with van der Waals surface area (Å²) in [5.41, 5.74) is 6.23. The summed E-state index contributed by atoms with van der Waals surface area (Å²) in [6.07, 6.45) is 3.89. The van der Waals surface area contributed by atoms with Crippen molar-refractivity contribution in [3.63, 3.8) is 0 Å². The van der Waals surface area contributed by atoms with Gasteiger partial charge in [-0.25, -0.2) is 4.79 Å². The van der Waals surface area contributed by atoms with Crippen LogP contribution >= 0.6 is 11.9 Å². The zero-order chi connectivity index (χ0) is 29.7. The average Bonchev–Trinajstić information content (AvgIpc) is 2.98. The van der Waals surface area contributed by atoms with Crippen molar-refractivity contribution in [2.45, 2.75) is 32.7 Å². The second kappa shape index (κ2) is 13.0. The summed E-state index contributed by atoms with van der Waals surface area (Å²) >= 11 is 1.47. The molecule has 5 rings (SSSR count). The molecule has 42 heavy (non-hydrogen) atoms. The lowest BCUT2D eigenvalue weighted by Crippen LogP contribution is -2.35. The number of methoxy groups -OCH3 is 1. The average molecular weight is 586 g/mol. The molecule has 3 aromatic carbocycles. The van der Waals surface area contributed by atoms with Gasteiger partial charge in [-0.15, -0.1) is 0 Å². The summed E-state index contributed by atoms with van der Waals surface area (Å²) in [5, 5.41) is 8.08. The number of carbonyl (C=O) groups excluding carboxylic acids is 1. The van der Waals surface area contributed by atoms with E-state index in [-0.39, 0.29) is 11.4 Å². The number of morpholine rings is 1. The monoisotopic (exact) mass is 585 g/mol. The molecule has 0 unspecified atom stereocenters. The molecule has 0 saturated carbocycles. The molecule has 0 aliphatic carbocycles. The van der Waals surface area contributed by atoms with E-state index < -0.39 is 0 Å². The molecule has 8 nitrogen and oxygen atoms in total. The fraction of sp³-hybridized carbons (Fsp3) is 0.333. The number of anilines is 3. The Bertz CT molecular complexity index is 1550. The largest absolute Gasteiger partial charge is 0.492 e. The van der Waals surface area contributed by atoms with Crippen molar-refractivity contribution in [2.24, 2.45) is 0 Å². The molecule has 3 N–H and O–H groups in total. The van der Waals surface area contributed by atoms with Crippen molar-refractivity contribution in [1.29, 1.82) is 0 Å². The Hall–Kier alpha value is -3.79. The molecule has 1 fully saturated rings. The van der Waals surface area contributed by atoms with E-state index in [9.17, 15) is 4.79 Å². The molecule has 1 aliphatic rings. The van der Waals surface area contributed by atoms with E-state index in [1.54, 1.807) is 7.11 Å². The summed E-state index contributed by atoms with van der Waals surface area (Å²) < 4.78 is 14.4. The van der Waals surface area contributed by atoms with Crippen LogP contribution in [0.2, 0.25) is 0 Å². The van der Waals surface area contributed by atoms with E-state index in [2.05, 4.69) is 65.3 Å². The van der Waals surface area contributed by atoms with Crippen LogP contribution in [0.5, 0.6) is 5.75 Å². The molecule has 2 amide bonds. The van der Waals surface area contributed by atoms with Crippen LogP contribution in [-0.4, -0.2) is 55.6 Å². The van der Waals surface area contributed by atoms with E-state index in [1.165, 1.54) is 11.9 Å². The molecule has 0 radical (unpaired) electrons. The summed E-state index contributed by atoms with van der Waals surface area (Å²) in [6.45, 7) is 10.7. The number of rotatable bonds is 8. The minimum atomic E-state index is -0.346. The van der Waals surface area contributed by atoms with Gasteiger partial charge in [0.25, 0.3) is 0 Å². The number of ether oxygens (including phenoxy) is 2. The number of amides is 2. The van der Waals surface area contributed by atoms with Crippen molar-refractivity contribution < 1.29 is 14.3 Å². The van der Waals surface area contributed by atoms with Gasteiger partial charge >= 0.3 is 6.03 Å². The zero-order valence-corrected chi connectivity index (χ0v) is 25.7. The number of hydrogen-bond donors (Lipinski definition) is 3. The first-order valence-electron chi connectivity index (χ1n) is 14.1. The lowest BCUT2D eigenvalue weighted by Gasteiger charge is -2.26. The van der Waals surface area contributed by atoms with Crippen LogP contribution in [0.3, 0.4) is 0 Å². The van der Waals surface area contributed by atoms with Crippen LogP contribution in [0.1, 0.15) is 32.0 Å². The number of fused-ring (bicyclic) bond motifs is 1. The first-order valence-corrected chi connectivity index (χ1v) is 15.4. The van der Waals surface area contributed by atoms with Gasteiger partial charge in [0.1, 0.15) is 0 Å². The van der Waals surface area contributed by atoms with Crippen LogP contribution < -0.4 is 20.1 Å². The fourth-order valence-electron chi connectivity index (χ4n) is 5.16. The van der Waals surface area contributed by atoms with E-state index in [4.69, 9.17) is 14.5 Å². The van der Waals surface area contributed by atoms with E-state index in [0.29, 0.717) is 11.4 Å². The van der Waals surface area contributed by atoms with Crippen LogP contribution in [-0.2, 0) is 16.7 Å². The normalized spacial score (nSPS) is 14.0. The quantitative estimate of drug-likeness (QED) is 0.186. The molecule has 0 bridgehead atoms. The third-order valence-corrected chi connectivity index (χ3v) is 7.84. The van der Waals surface area contributed by atoms with Gasteiger partial charge in [0.05, 0.1) is 43.1 Å². The number of urea groups is 1. The van der Waals surface area contributed by atoms with Crippen molar-refractivity contribution in [1.82, 2.24) is 9.88 Å². The standard InChI is InChI=1S/C33H39N5O3S/c1-33(2,3)23-18-29(31(40-4)30(19-23)37-42-5)36-32(39)35-28-13-12-25(26-8-6-7-9-27(26)28)22-10-11-24(34-20-22)21-38-14-16-41-17-15-38/h6-13,18-20,37H,14-17,21H2,1-5H3,(H2,35,36,39). The molecule has 9 heteroatoms. The summed E-state index contributed by atoms with van der Waals surface area (Å²) in [4.78, 5) is 20.5. The number of nitrogens with one attached hydrogen (secondary N) is 3. The minimum absolute atomic E-state index is 0.115. The highest BCUT2D eigenvalue weighted by molar-refractivity contribution is 7.99.